The number of nitrogens with zero attached hydrogens (tertiary/aromatic N) is 2. The standard InChI is InChI=1S/C17H12BrF3N2/c1-9-7-11(17(19,20)21)3-5-13(9)16-14-6-4-12(18)8-15(14)22-10(2)23-16/h3-8H,1-2H3. The molecule has 2 nitrogen and oxygen atoms in total. The van der Waals surface area contributed by atoms with Crippen molar-refractivity contribution in [2.24, 2.45) is 0 Å². The van der Waals surface area contributed by atoms with Gasteiger partial charge in [-0.1, -0.05) is 22.0 Å². The monoisotopic (exact) mass is 380 g/mol. The van der Waals surface area contributed by atoms with Crippen molar-refractivity contribution in [3.8, 4) is 11.3 Å². The van der Waals surface area contributed by atoms with Gasteiger partial charge in [0, 0.05) is 15.4 Å². The van der Waals surface area contributed by atoms with Crippen LogP contribution < -0.4 is 0 Å². The minimum atomic E-state index is -4.35. The molecule has 0 aliphatic rings. The Kier molecular flexibility index (Phi) is 3.88. The maximum atomic E-state index is 12.8. The molecule has 0 amide bonds. The van der Waals surface area contributed by atoms with E-state index in [-0.39, 0.29) is 0 Å². The lowest BCUT2D eigenvalue weighted by Gasteiger charge is -2.13. The summed E-state index contributed by atoms with van der Waals surface area (Å²) in [5, 5.41) is 0.807. The Balaban J connectivity index is 2.25. The number of aromatic nitrogens is 2. The van der Waals surface area contributed by atoms with Crippen LogP contribution in [0.5, 0.6) is 0 Å². The molecule has 0 saturated carbocycles. The number of halogens is 4. The number of hydrogen-bond acceptors (Lipinski definition) is 2. The largest absolute Gasteiger partial charge is 0.416 e. The Morgan fingerprint density at radius 2 is 1.70 bits per heavy atom. The highest BCUT2D eigenvalue weighted by Crippen LogP contribution is 2.35. The van der Waals surface area contributed by atoms with Gasteiger partial charge in [-0.25, -0.2) is 9.97 Å². The van der Waals surface area contributed by atoms with Crippen molar-refractivity contribution in [3.05, 3.63) is 57.8 Å². The van der Waals surface area contributed by atoms with Gasteiger partial charge >= 0.3 is 6.18 Å². The fourth-order valence-corrected chi connectivity index (χ4v) is 2.88. The Labute approximate surface area is 139 Å². The van der Waals surface area contributed by atoms with Gasteiger partial charge in [-0.15, -0.1) is 0 Å². The first kappa shape index (κ1) is 15.9. The van der Waals surface area contributed by atoms with Crippen LogP contribution in [0.3, 0.4) is 0 Å². The molecule has 0 fully saturated rings. The van der Waals surface area contributed by atoms with Gasteiger partial charge in [0.15, 0.2) is 0 Å². The zero-order chi connectivity index (χ0) is 16.8. The normalized spacial score (nSPS) is 11.9. The van der Waals surface area contributed by atoms with Gasteiger partial charge in [-0.3, -0.25) is 0 Å². The highest BCUT2D eigenvalue weighted by atomic mass is 79.9. The lowest BCUT2D eigenvalue weighted by atomic mass is 9.99. The molecule has 0 saturated heterocycles. The minimum absolute atomic E-state index is 0.530. The average Bonchev–Trinajstić information content (AvgIpc) is 2.44. The first-order chi connectivity index (χ1) is 10.8. The summed E-state index contributed by atoms with van der Waals surface area (Å²) in [5.74, 6) is 0.574. The summed E-state index contributed by atoms with van der Waals surface area (Å²) in [5.41, 5.74) is 1.95. The van der Waals surface area contributed by atoms with E-state index < -0.39 is 11.7 Å². The lowest BCUT2D eigenvalue weighted by molar-refractivity contribution is -0.137. The van der Waals surface area contributed by atoms with Crippen LogP contribution in [0.15, 0.2) is 40.9 Å². The molecule has 6 heteroatoms. The molecule has 3 aromatic rings. The van der Waals surface area contributed by atoms with Gasteiger partial charge in [0.1, 0.15) is 5.82 Å². The molecule has 1 heterocycles. The molecule has 0 aliphatic heterocycles. The minimum Gasteiger partial charge on any atom is -0.233 e. The van der Waals surface area contributed by atoms with Crippen LogP contribution in [0, 0.1) is 13.8 Å². The predicted octanol–water partition coefficient (Wildman–Crippen LogP) is 5.69. The second kappa shape index (κ2) is 5.60. The second-order valence-corrected chi connectivity index (χ2v) is 6.22. The number of fused-ring (bicyclic) bond motifs is 1. The van der Waals surface area contributed by atoms with E-state index in [2.05, 4.69) is 25.9 Å². The van der Waals surface area contributed by atoms with Crippen molar-refractivity contribution < 1.29 is 13.2 Å². The molecule has 23 heavy (non-hydrogen) atoms. The van der Waals surface area contributed by atoms with Crippen LogP contribution in [0.2, 0.25) is 0 Å². The van der Waals surface area contributed by atoms with Crippen molar-refractivity contribution in [3.63, 3.8) is 0 Å². The van der Waals surface area contributed by atoms with Crippen LogP contribution in [0.4, 0.5) is 13.2 Å². The molecule has 0 atom stereocenters. The molecule has 2 aromatic carbocycles. The number of alkyl halides is 3. The van der Waals surface area contributed by atoms with Crippen LogP contribution in [-0.2, 0) is 6.18 Å². The van der Waals surface area contributed by atoms with Crippen molar-refractivity contribution in [1.82, 2.24) is 9.97 Å². The first-order valence-electron chi connectivity index (χ1n) is 6.88. The molecule has 0 radical (unpaired) electrons. The third-order valence-electron chi connectivity index (χ3n) is 3.58. The van der Waals surface area contributed by atoms with Crippen molar-refractivity contribution in [1.29, 1.82) is 0 Å². The van der Waals surface area contributed by atoms with Crippen LogP contribution in [-0.4, -0.2) is 9.97 Å². The molecule has 1 aromatic heterocycles. The lowest BCUT2D eigenvalue weighted by Crippen LogP contribution is -2.05. The predicted molar refractivity (Wildman–Crippen MR) is 87.2 cm³/mol. The Bertz CT molecular complexity index is 899. The van der Waals surface area contributed by atoms with Crippen LogP contribution in [0.25, 0.3) is 22.2 Å². The SMILES string of the molecule is Cc1nc(-c2ccc(C(F)(F)F)cc2C)c2ccc(Br)cc2n1. The van der Waals surface area contributed by atoms with Gasteiger partial charge in [0.05, 0.1) is 16.8 Å². The highest BCUT2D eigenvalue weighted by Gasteiger charge is 2.30. The fraction of sp³-hybridized carbons (Fsp3) is 0.176. The van der Waals surface area contributed by atoms with E-state index in [0.717, 1.165) is 27.5 Å². The summed E-state index contributed by atoms with van der Waals surface area (Å²) in [7, 11) is 0. The van der Waals surface area contributed by atoms with Gasteiger partial charge in [0.25, 0.3) is 0 Å². The number of rotatable bonds is 1. The third-order valence-corrected chi connectivity index (χ3v) is 4.07. The second-order valence-electron chi connectivity index (χ2n) is 5.31. The maximum Gasteiger partial charge on any atom is 0.416 e. The summed E-state index contributed by atoms with van der Waals surface area (Å²) >= 11 is 3.40. The van der Waals surface area contributed by atoms with E-state index in [0.29, 0.717) is 22.6 Å². The Morgan fingerprint density at radius 3 is 2.35 bits per heavy atom. The van der Waals surface area contributed by atoms with E-state index in [1.165, 1.54) is 6.07 Å². The molecule has 3 rings (SSSR count). The summed E-state index contributed by atoms with van der Waals surface area (Å²) in [4.78, 5) is 8.83. The van der Waals surface area contributed by atoms with Crippen molar-refractivity contribution in [2.45, 2.75) is 20.0 Å². The highest BCUT2D eigenvalue weighted by molar-refractivity contribution is 9.10. The van der Waals surface area contributed by atoms with Gasteiger partial charge in [0.2, 0.25) is 0 Å². The summed E-state index contributed by atoms with van der Waals surface area (Å²) in [6.07, 6.45) is -4.35. The van der Waals surface area contributed by atoms with Crippen LogP contribution >= 0.6 is 15.9 Å². The summed E-state index contributed by atoms with van der Waals surface area (Å²) in [6.45, 7) is 3.43. The number of benzene rings is 2. The smallest absolute Gasteiger partial charge is 0.233 e. The molecule has 0 bridgehead atoms. The maximum absolute atomic E-state index is 12.8. The van der Waals surface area contributed by atoms with E-state index in [9.17, 15) is 13.2 Å². The molecule has 0 unspecified atom stereocenters. The van der Waals surface area contributed by atoms with Crippen LogP contribution in [0.1, 0.15) is 17.0 Å². The fourth-order valence-electron chi connectivity index (χ4n) is 2.53. The molecule has 0 spiro atoms. The number of hydrogen-bond donors (Lipinski definition) is 0. The molecule has 0 N–H and O–H groups in total. The number of aryl methyl sites for hydroxylation is 2. The zero-order valence-corrected chi connectivity index (χ0v) is 14.0. The summed E-state index contributed by atoms with van der Waals surface area (Å²) in [6, 6.07) is 9.31. The first-order valence-corrected chi connectivity index (χ1v) is 7.67. The molecular formula is C17H12BrF3N2. The average molecular weight is 381 g/mol. The van der Waals surface area contributed by atoms with E-state index in [1.807, 2.05) is 18.2 Å². The molecule has 0 aliphatic carbocycles. The topological polar surface area (TPSA) is 25.8 Å². The van der Waals surface area contributed by atoms with Gasteiger partial charge in [-0.2, -0.15) is 13.2 Å². The van der Waals surface area contributed by atoms with Crippen molar-refractivity contribution in [2.75, 3.05) is 0 Å². The Morgan fingerprint density at radius 1 is 0.957 bits per heavy atom. The van der Waals surface area contributed by atoms with E-state index in [1.54, 1.807) is 13.8 Å². The van der Waals surface area contributed by atoms with Gasteiger partial charge < -0.3 is 0 Å². The van der Waals surface area contributed by atoms with Crippen molar-refractivity contribution >= 4 is 26.8 Å². The summed E-state index contributed by atoms with van der Waals surface area (Å²) < 4.78 is 39.4. The molecule has 118 valence electrons. The molecular weight excluding hydrogens is 369 g/mol. The van der Waals surface area contributed by atoms with Gasteiger partial charge in [-0.05, 0) is 49.7 Å². The van der Waals surface area contributed by atoms with E-state index >= 15 is 0 Å². The van der Waals surface area contributed by atoms with E-state index in [4.69, 9.17) is 0 Å². The third kappa shape index (κ3) is 3.08. The zero-order valence-electron chi connectivity index (χ0n) is 12.4. The Hall–Kier alpha value is -1.95. The quantitative estimate of drug-likeness (QED) is 0.541.